The number of ether oxygens (including phenoxy) is 1. The van der Waals surface area contributed by atoms with Crippen molar-refractivity contribution in [2.45, 2.75) is 6.61 Å². The fourth-order valence-corrected chi connectivity index (χ4v) is 2.20. The molecule has 0 saturated heterocycles. The van der Waals surface area contributed by atoms with E-state index in [-0.39, 0.29) is 34.6 Å². The third-order valence-electron chi connectivity index (χ3n) is 3.17. The van der Waals surface area contributed by atoms with Gasteiger partial charge in [-0.05, 0) is 35.9 Å². The van der Waals surface area contributed by atoms with Gasteiger partial charge in [-0.1, -0.05) is 23.7 Å². The van der Waals surface area contributed by atoms with Gasteiger partial charge in [0.05, 0.1) is 5.39 Å². The van der Waals surface area contributed by atoms with Gasteiger partial charge in [-0.25, -0.2) is 9.18 Å². The average Bonchev–Trinajstić information content (AvgIpc) is 2.54. The molecule has 0 fully saturated rings. The minimum absolute atomic E-state index is 0.0541. The second-order valence-corrected chi connectivity index (χ2v) is 5.25. The molecule has 23 heavy (non-hydrogen) atoms. The Bertz CT molecular complexity index is 931. The maximum absolute atomic E-state index is 12.8. The zero-order valence-electron chi connectivity index (χ0n) is 11.7. The van der Waals surface area contributed by atoms with E-state index in [4.69, 9.17) is 20.8 Å². The van der Waals surface area contributed by atoms with Crippen molar-refractivity contribution >= 4 is 28.5 Å². The number of benzene rings is 2. The van der Waals surface area contributed by atoms with Crippen molar-refractivity contribution in [1.82, 2.24) is 0 Å². The normalized spacial score (nSPS) is 10.7. The van der Waals surface area contributed by atoms with Crippen molar-refractivity contribution in [1.29, 1.82) is 0 Å². The molecule has 6 heteroatoms. The fraction of sp³-hybridized carbons (Fsp3) is 0.0588. The molecule has 0 radical (unpaired) electrons. The highest BCUT2D eigenvalue weighted by atomic mass is 35.5. The third kappa shape index (κ3) is 3.40. The largest absolute Gasteiger partial charge is 0.455 e. The number of halogens is 2. The van der Waals surface area contributed by atoms with Crippen LogP contribution >= 0.6 is 11.6 Å². The number of hydrogen-bond acceptors (Lipinski definition) is 4. The van der Waals surface area contributed by atoms with Gasteiger partial charge < -0.3 is 9.15 Å². The lowest BCUT2D eigenvalue weighted by atomic mass is 10.2. The Labute approximate surface area is 135 Å². The Morgan fingerprint density at radius 1 is 1.13 bits per heavy atom. The zero-order chi connectivity index (χ0) is 16.4. The van der Waals surface area contributed by atoms with Gasteiger partial charge >= 0.3 is 5.97 Å². The summed E-state index contributed by atoms with van der Waals surface area (Å²) in [7, 11) is 0. The molecule has 0 aliphatic rings. The maximum Gasteiger partial charge on any atom is 0.374 e. The number of carbonyl (C=O) groups excluding carboxylic acids is 1. The molecule has 3 aromatic rings. The van der Waals surface area contributed by atoms with E-state index in [1.54, 1.807) is 6.07 Å². The van der Waals surface area contributed by atoms with E-state index in [9.17, 15) is 14.0 Å². The quantitative estimate of drug-likeness (QED) is 0.682. The van der Waals surface area contributed by atoms with E-state index >= 15 is 0 Å². The molecule has 0 spiro atoms. The van der Waals surface area contributed by atoms with Crippen LogP contribution in [0.25, 0.3) is 11.0 Å². The van der Waals surface area contributed by atoms with Crippen LogP contribution in [-0.2, 0) is 11.3 Å². The summed E-state index contributed by atoms with van der Waals surface area (Å²) in [5.74, 6) is -1.35. The summed E-state index contributed by atoms with van der Waals surface area (Å²) in [6.07, 6.45) is 0. The van der Waals surface area contributed by atoms with Gasteiger partial charge in [0.15, 0.2) is 5.43 Å². The van der Waals surface area contributed by atoms with Crippen LogP contribution in [-0.4, -0.2) is 5.97 Å². The molecule has 0 atom stereocenters. The molecule has 116 valence electrons. The van der Waals surface area contributed by atoms with Crippen LogP contribution < -0.4 is 5.43 Å². The van der Waals surface area contributed by atoms with Crippen LogP contribution in [0, 0.1) is 5.82 Å². The highest BCUT2D eigenvalue weighted by molar-refractivity contribution is 6.31. The summed E-state index contributed by atoms with van der Waals surface area (Å²) < 4.78 is 23.2. The molecule has 1 heterocycles. The fourth-order valence-electron chi connectivity index (χ4n) is 2.03. The highest BCUT2D eigenvalue weighted by Gasteiger charge is 2.14. The second kappa shape index (κ2) is 6.22. The lowest BCUT2D eigenvalue weighted by molar-refractivity contribution is 0.0436. The Hall–Kier alpha value is -2.66. The summed E-state index contributed by atoms with van der Waals surface area (Å²) in [6.45, 7) is -0.0541. The smallest absolute Gasteiger partial charge is 0.374 e. The molecule has 1 aromatic heterocycles. The van der Waals surface area contributed by atoms with Crippen molar-refractivity contribution in [2.75, 3.05) is 0 Å². The topological polar surface area (TPSA) is 56.5 Å². The van der Waals surface area contributed by atoms with Gasteiger partial charge in [0.1, 0.15) is 18.0 Å². The standard InChI is InChI=1S/C17H10ClFO4/c18-11-3-6-15-13(7-11)14(20)8-16(23-15)17(21)22-9-10-1-4-12(19)5-2-10/h1-8H,9H2. The maximum atomic E-state index is 12.8. The predicted octanol–water partition coefficient (Wildman–Crippen LogP) is 3.94. The molecule has 0 unspecified atom stereocenters. The summed E-state index contributed by atoms with van der Waals surface area (Å²) in [5, 5.41) is 0.684. The van der Waals surface area contributed by atoms with Crippen LogP contribution in [0.2, 0.25) is 5.02 Å². The first-order valence-electron chi connectivity index (χ1n) is 6.68. The van der Waals surface area contributed by atoms with Crippen LogP contribution in [0.4, 0.5) is 4.39 Å². The predicted molar refractivity (Wildman–Crippen MR) is 83.0 cm³/mol. The van der Waals surface area contributed by atoms with Gasteiger partial charge in [-0.3, -0.25) is 4.79 Å². The molecule has 0 N–H and O–H groups in total. The lowest BCUT2D eigenvalue weighted by Crippen LogP contribution is -2.10. The summed E-state index contributed by atoms with van der Waals surface area (Å²) in [5.41, 5.74) is 0.479. The van der Waals surface area contributed by atoms with Crippen molar-refractivity contribution in [3.63, 3.8) is 0 Å². The summed E-state index contributed by atoms with van der Waals surface area (Å²) >= 11 is 5.82. The summed E-state index contributed by atoms with van der Waals surface area (Å²) in [6, 6.07) is 11.1. The SMILES string of the molecule is O=C(OCc1ccc(F)cc1)c1cc(=O)c2cc(Cl)ccc2o1. The van der Waals surface area contributed by atoms with E-state index in [0.717, 1.165) is 6.07 Å². The van der Waals surface area contributed by atoms with Gasteiger partial charge in [0, 0.05) is 11.1 Å². The number of fused-ring (bicyclic) bond motifs is 1. The van der Waals surface area contributed by atoms with E-state index in [2.05, 4.69) is 0 Å². The molecule has 2 aromatic carbocycles. The van der Waals surface area contributed by atoms with E-state index in [1.807, 2.05) is 0 Å². The molecule has 0 bridgehead atoms. The number of carbonyl (C=O) groups is 1. The first-order valence-corrected chi connectivity index (χ1v) is 7.06. The van der Waals surface area contributed by atoms with Gasteiger partial charge in [-0.2, -0.15) is 0 Å². The first kappa shape index (κ1) is 15.2. The third-order valence-corrected chi connectivity index (χ3v) is 3.41. The Kier molecular flexibility index (Phi) is 4.12. The molecular formula is C17H10ClFO4. The molecule has 0 amide bonds. The lowest BCUT2D eigenvalue weighted by Gasteiger charge is -2.05. The van der Waals surface area contributed by atoms with Crippen LogP contribution in [0.15, 0.2) is 57.7 Å². The van der Waals surface area contributed by atoms with Gasteiger partial charge in [0.2, 0.25) is 5.76 Å². The number of esters is 1. The first-order chi connectivity index (χ1) is 11.0. The van der Waals surface area contributed by atoms with E-state index in [1.165, 1.54) is 36.4 Å². The van der Waals surface area contributed by atoms with Gasteiger partial charge in [0.25, 0.3) is 0 Å². The minimum atomic E-state index is -0.775. The molecular weight excluding hydrogens is 323 g/mol. The number of rotatable bonds is 3. The Balaban J connectivity index is 1.82. The molecule has 3 rings (SSSR count). The molecule has 0 aliphatic heterocycles. The van der Waals surface area contributed by atoms with E-state index in [0.29, 0.717) is 10.6 Å². The van der Waals surface area contributed by atoms with Crippen LogP contribution in [0.5, 0.6) is 0 Å². The monoisotopic (exact) mass is 332 g/mol. The molecule has 0 saturated carbocycles. The minimum Gasteiger partial charge on any atom is -0.455 e. The highest BCUT2D eigenvalue weighted by Crippen LogP contribution is 2.18. The van der Waals surface area contributed by atoms with Crippen molar-refractivity contribution < 1.29 is 18.3 Å². The molecule has 4 nitrogen and oxygen atoms in total. The van der Waals surface area contributed by atoms with Crippen molar-refractivity contribution in [3.05, 3.63) is 80.9 Å². The van der Waals surface area contributed by atoms with Crippen LogP contribution in [0.3, 0.4) is 0 Å². The average molecular weight is 333 g/mol. The van der Waals surface area contributed by atoms with Crippen molar-refractivity contribution in [2.24, 2.45) is 0 Å². The van der Waals surface area contributed by atoms with E-state index < -0.39 is 5.97 Å². The Morgan fingerprint density at radius 2 is 1.87 bits per heavy atom. The second-order valence-electron chi connectivity index (χ2n) is 4.82. The van der Waals surface area contributed by atoms with Gasteiger partial charge in [-0.15, -0.1) is 0 Å². The summed E-state index contributed by atoms with van der Waals surface area (Å²) in [4.78, 5) is 24.0. The van der Waals surface area contributed by atoms with Crippen LogP contribution in [0.1, 0.15) is 16.1 Å². The Morgan fingerprint density at radius 3 is 2.61 bits per heavy atom. The number of hydrogen-bond donors (Lipinski definition) is 0. The zero-order valence-corrected chi connectivity index (χ0v) is 12.5. The van der Waals surface area contributed by atoms with Crippen molar-refractivity contribution in [3.8, 4) is 0 Å². The molecule has 0 aliphatic carbocycles.